The lowest BCUT2D eigenvalue weighted by Gasteiger charge is -2.38. The van der Waals surface area contributed by atoms with Crippen molar-refractivity contribution in [1.82, 2.24) is 14.5 Å². The molecule has 0 aromatic heterocycles. The van der Waals surface area contributed by atoms with Gasteiger partial charge in [0.25, 0.3) is 10.2 Å². The van der Waals surface area contributed by atoms with Crippen LogP contribution < -0.4 is 10.5 Å². The van der Waals surface area contributed by atoms with Gasteiger partial charge in [-0.05, 0) is 45.2 Å². The average Bonchev–Trinajstić information content (AvgIpc) is 2.52. The molecule has 2 aliphatic rings. The van der Waals surface area contributed by atoms with Crippen molar-refractivity contribution in [3.63, 3.8) is 0 Å². The lowest BCUT2D eigenvalue weighted by molar-refractivity contribution is -0.139. The van der Waals surface area contributed by atoms with Crippen LogP contribution in [0.3, 0.4) is 0 Å². The summed E-state index contributed by atoms with van der Waals surface area (Å²) in [7, 11) is -3.63. The molecule has 0 radical (unpaired) electrons. The lowest BCUT2D eigenvalue weighted by Crippen LogP contribution is -2.51. The molecule has 8 heteroatoms. The monoisotopic (exact) mass is 332 g/mol. The van der Waals surface area contributed by atoms with Gasteiger partial charge in [-0.3, -0.25) is 4.79 Å². The Kier molecular flexibility index (Phi) is 6.19. The van der Waals surface area contributed by atoms with Gasteiger partial charge in [0.1, 0.15) is 0 Å². The molecule has 2 fully saturated rings. The molecule has 0 spiro atoms. The third kappa shape index (κ3) is 4.41. The molecule has 0 aliphatic carbocycles. The van der Waals surface area contributed by atoms with E-state index < -0.39 is 10.2 Å². The van der Waals surface area contributed by atoms with Crippen LogP contribution in [0.1, 0.15) is 39.0 Å². The standard InChI is InChI=1S/C14H28N4O3S/c1-2-9-18(13-3-7-16-8-4-13)14(19)12-5-10-17(11-6-12)22(15,20)21/h12-13,16H,2-11H2,1H3,(H2,15,20,21). The Hall–Kier alpha value is -0.700. The highest BCUT2D eigenvalue weighted by Crippen LogP contribution is 2.24. The Labute approximate surface area is 133 Å². The molecule has 0 unspecified atom stereocenters. The summed E-state index contributed by atoms with van der Waals surface area (Å²) in [5, 5.41) is 8.48. The quantitative estimate of drug-likeness (QED) is 0.734. The molecule has 22 heavy (non-hydrogen) atoms. The maximum absolute atomic E-state index is 12.9. The summed E-state index contributed by atoms with van der Waals surface area (Å²) in [5.74, 6) is 0.127. The Balaban J connectivity index is 1.96. The van der Waals surface area contributed by atoms with Crippen molar-refractivity contribution in [3.8, 4) is 0 Å². The predicted octanol–water partition coefficient (Wildman–Crippen LogP) is -0.107. The van der Waals surface area contributed by atoms with E-state index >= 15 is 0 Å². The lowest BCUT2D eigenvalue weighted by atomic mass is 9.94. The van der Waals surface area contributed by atoms with E-state index in [9.17, 15) is 13.2 Å². The zero-order valence-electron chi connectivity index (χ0n) is 13.3. The number of piperidine rings is 2. The van der Waals surface area contributed by atoms with Gasteiger partial charge >= 0.3 is 0 Å². The first-order valence-corrected chi connectivity index (χ1v) is 9.73. The van der Waals surface area contributed by atoms with Crippen LogP contribution in [0.5, 0.6) is 0 Å². The zero-order chi connectivity index (χ0) is 16.2. The van der Waals surface area contributed by atoms with Crippen LogP contribution in [0, 0.1) is 5.92 Å². The minimum atomic E-state index is -3.63. The van der Waals surface area contributed by atoms with Gasteiger partial charge in [-0.25, -0.2) is 5.14 Å². The molecule has 0 saturated carbocycles. The molecule has 128 valence electrons. The number of carbonyl (C=O) groups is 1. The summed E-state index contributed by atoms with van der Waals surface area (Å²) in [6.45, 7) is 5.50. The van der Waals surface area contributed by atoms with Gasteiger partial charge in [0.15, 0.2) is 0 Å². The molecular weight excluding hydrogens is 304 g/mol. The second-order valence-corrected chi connectivity index (χ2v) is 7.78. The first kappa shape index (κ1) is 17.7. The molecule has 0 atom stereocenters. The number of hydrogen-bond acceptors (Lipinski definition) is 4. The molecule has 3 N–H and O–H groups in total. The van der Waals surface area contributed by atoms with Crippen LogP contribution in [0.15, 0.2) is 0 Å². The molecule has 0 aromatic rings. The molecule has 2 saturated heterocycles. The van der Waals surface area contributed by atoms with Crippen molar-refractivity contribution in [1.29, 1.82) is 0 Å². The number of carbonyl (C=O) groups excluding carboxylic acids is 1. The molecule has 0 bridgehead atoms. The first-order valence-electron chi connectivity index (χ1n) is 8.22. The summed E-state index contributed by atoms with van der Waals surface area (Å²) in [5.41, 5.74) is 0. The van der Waals surface area contributed by atoms with Gasteiger partial charge in [-0.1, -0.05) is 6.92 Å². The van der Waals surface area contributed by atoms with Crippen LogP contribution in [-0.2, 0) is 15.0 Å². The van der Waals surface area contributed by atoms with Gasteiger partial charge < -0.3 is 10.2 Å². The number of nitrogens with one attached hydrogen (secondary N) is 1. The Morgan fingerprint density at radius 1 is 1.23 bits per heavy atom. The molecule has 1 amide bonds. The van der Waals surface area contributed by atoms with Crippen molar-refractivity contribution in [2.75, 3.05) is 32.7 Å². The number of hydrogen-bond donors (Lipinski definition) is 2. The molecule has 2 rings (SSSR count). The minimum Gasteiger partial charge on any atom is -0.339 e. The van der Waals surface area contributed by atoms with E-state index in [1.54, 1.807) is 0 Å². The van der Waals surface area contributed by atoms with Crippen LogP contribution in [-0.4, -0.2) is 62.3 Å². The van der Waals surface area contributed by atoms with Crippen LogP contribution in [0.4, 0.5) is 0 Å². The van der Waals surface area contributed by atoms with Crippen molar-refractivity contribution in [3.05, 3.63) is 0 Å². The highest BCUT2D eigenvalue weighted by molar-refractivity contribution is 7.86. The summed E-state index contributed by atoms with van der Waals surface area (Å²) in [6, 6.07) is 0.324. The van der Waals surface area contributed by atoms with Gasteiger partial charge in [0, 0.05) is 31.6 Å². The van der Waals surface area contributed by atoms with Crippen LogP contribution in [0.25, 0.3) is 0 Å². The summed E-state index contributed by atoms with van der Waals surface area (Å²) in [6.07, 6.45) is 4.09. The second-order valence-electron chi connectivity index (χ2n) is 6.23. The Bertz CT molecular complexity index is 468. The van der Waals surface area contributed by atoms with Gasteiger partial charge in [0.05, 0.1) is 0 Å². The summed E-state index contributed by atoms with van der Waals surface area (Å²) >= 11 is 0. The fraction of sp³-hybridized carbons (Fsp3) is 0.929. The topological polar surface area (TPSA) is 95.7 Å². The number of amides is 1. The highest BCUT2D eigenvalue weighted by Gasteiger charge is 2.34. The summed E-state index contributed by atoms with van der Waals surface area (Å²) in [4.78, 5) is 14.9. The normalized spacial score (nSPS) is 22.6. The van der Waals surface area contributed by atoms with Crippen LogP contribution in [0.2, 0.25) is 0 Å². The van der Waals surface area contributed by atoms with E-state index in [1.807, 2.05) is 4.90 Å². The fourth-order valence-corrected chi connectivity index (χ4v) is 4.14. The first-order chi connectivity index (χ1) is 10.4. The molecular formula is C14H28N4O3S. The number of nitrogens with two attached hydrogens (primary N) is 1. The van der Waals surface area contributed by atoms with Crippen molar-refractivity contribution < 1.29 is 13.2 Å². The van der Waals surface area contributed by atoms with Gasteiger partial charge in [-0.2, -0.15) is 12.7 Å². The second kappa shape index (κ2) is 7.72. The fourth-order valence-electron chi connectivity index (χ4n) is 3.42. The van der Waals surface area contributed by atoms with Crippen molar-refractivity contribution in [2.45, 2.75) is 45.1 Å². The third-order valence-electron chi connectivity index (χ3n) is 4.66. The van der Waals surface area contributed by atoms with E-state index in [4.69, 9.17) is 5.14 Å². The zero-order valence-corrected chi connectivity index (χ0v) is 14.1. The average molecular weight is 332 g/mol. The maximum Gasteiger partial charge on any atom is 0.276 e. The molecule has 2 aliphatic heterocycles. The highest BCUT2D eigenvalue weighted by atomic mass is 32.2. The van der Waals surface area contributed by atoms with Crippen LogP contribution >= 0.6 is 0 Å². The molecule has 7 nitrogen and oxygen atoms in total. The van der Waals surface area contributed by atoms with E-state index in [2.05, 4.69) is 12.2 Å². The third-order valence-corrected chi connectivity index (χ3v) is 5.75. The van der Waals surface area contributed by atoms with Gasteiger partial charge in [0.2, 0.25) is 5.91 Å². The van der Waals surface area contributed by atoms with Gasteiger partial charge in [-0.15, -0.1) is 0 Å². The number of rotatable bonds is 5. The summed E-state index contributed by atoms with van der Waals surface area (Å²) < 4.78 is 24.0. The predicted molar refractivity (Wildman–Crippen MR) is 85.3 cm³/mol. The smallest absolute Gasteiger partial charge is 0.276 e. The van der Waals surface area contributed by atoms with Crippen molar-refractivity contribution in [2.24, 2.45) is 11.1 Å². The van der Waals surface area contributed by atoms with E-state index in [0.29, 0.717) is 32.0 Å². The molecule has 0 aromatic carbocycles. The number of nitrogens with zero attached hydrogens (tertiary/aromatic N) is 2. The minimum absolute atomic E-state index is 0.0700. The Morgan fingerprint density at radius 2 is 1.82 bits per heavy atom. The Morgan fingerprint density at radius 3 is 2.32 bits per heavy atom. The largest absolute Gasteiger partial charge is 0.339 e. The SMILES string of the molecule is CCCN(C(=O)C1CCN(S(N)(=O)=O)CC1)C1CCNCC1. The van der Waals surface area contributed by atoms with E-state index in [1.165, 1.54) is 4.31 Å². The van der Waals surface area contributed by atoms with E-state index in [-0.39, 0.29) is 11.8 Å². The molecule has 2 heterocycles. The maximum atomic E-state index is 12.9. The van der Waals surface area contributed by atoms with E-state index in [0.717, 1.165) is 38.9 Å². The van der Waals surface area contributed by atoms with Crippen molar-refractivity contribution >= 4 is 16.1 Å².